The van der Waals surface area contributed by atoms with Gasteiger partial charge in [-0.25, -0.2) is 0 Å². The molecule has 2 fully saturated rings. The Morgan fingerprint density at radius 2 is 1.93 bits per heavy atom. The standard InChI is InChI=1S/C11H22N2O/c1-9-2-4-11(8-12,5-3-9)13-6-10(14)7-13/h9-10,14H,2-8,12H2,1H3. The summed E-state index contributed by atoms with van der Waals surface area (Å²) in [6, 6.07) is 0. The van der Waals surface area contributed by atoms with Gasteiger partial charge in [0.1, 0.15) is 0 Å². The molecule has 3 N–H and O–H groups in total. The highest BCUT2D eigenvalue weighted by Crippen LogP contribution is 2.37. The molecule has 1 aliphatic heterocycles. The molecule has 1 aliphatic carbocycles. The van der Waals surface area contributed by atoms with Gasteiger partial charge in [-0.05, 0) is 31.6 Å². The van der Waals surface area contributed by atoms with Crippen molar-refractivity contribution >= 4 is 0 Å². The van der Waals surface area contributed by atoms with Crippen molar-refractivity contribution in [3.05, 3.63) is 0 Å². The molecule has 3 heteroatoms. The molecule has 0 bridgehead atoms. The number of hydrogen-bond donors (Lipinski definition) is 2. The summed E-state index contributed by atoms with van der Waals surface area (Å²) < 4.78 is 0. The van der Waals surface area contributed by atoms with Crippen LogP contribution in [0.5, 0.6) is 0 Å². The number of likely N-dealkylation sites (tertiary alicyclic amines) is 1. The van der Waals surface area contributed by atoms with E-state index in [1.54, 1.807) is 0 Å². The van der Waals surface area contributed by atoms with Gasteiger partial charge in [0.2, 0.25) is 0 Å². The molecular formula is C11H22N2O. The van der Waals surface area contributed by atoms with Crippen LogP contribution < -0.4 is 5.73 Å². The van der Waals surface area contributed by atoms with E-state index in [4.69, 9.17) is 5.73 Å². The van der Waals surface area contributed by atoms with E-state index in [0.29, 0.717) is 0 Å². The summed E-state index contributed by atoms with van der Waals surface area (Å²) in [6.07, 6.45) is 4.93. The van der Waals surface area contributed by atoms with Gasteiger partial charge in [-0.3, -0.25) is 4.90 Å². The number of aliphatic hydroxyl groups is 1. The van der Waals surface area contributed by atoms with Crippen molar-refractivity contribution < 1.29 is 5.11 Å². The monoisotopic (exact) mass is 198 g/mol. The second kappa shape index (κ2) is 3.80. The zero-order chi connectivity index (χ0) is 10.2. The molecule has 0 aromatic carbocycles. The molecule has 1 saturated carbocycles. The molecule has 3 nitrogen and oxygen atoms in total. The predicted octanol–water partition coefficient (Wildman–Crippen LogP) is 0.571. The number of hydrogen-bond acceptors (Lipinski definition) is 3. The third-order valence-corrected chi connectivity index (χ3v) is 4.12. The number of β-amino-alcohol motifs (C(OH)–C–C–N with tert-alkyl or cyclic N) is 1. The average Bonchev–Trinajstić information content (AvgIpc) is 2.16. The first kappa shape index (κ1) is 10.4. The molecule has 2 aliphatic rings. The minimum Gasteiger partial charge on any atom is -0.390 e. The van der Waals surface area contributed by atoms with Gasteiger partial charge in [-0.15, -0.1) is 0 Å². The van der Waals surface area contributed by atoms with Gasteiger partial charge in [-0.2, -0.15) is 0 Å². The van der Waals surface area contributed by atoms with E-state index in [0.717, 1.165) is 25.6 Å². The van der Waals surface area contributed by atoms with E-state index in [-0.39, 0.29) is 11.6 Å². The summed E-state index contributed by atoms with van der Waals surface area (Å²) in [4.78, 5) is 2.39. The molecule has 0 aromatic rings. The highest BCUT2D eigenvalue weighted by atomic mass is 16.3. The maximum absolute atomic E-state index is 9.33. The zero-order valence-corrected chi connectivity index (χ0v) is 9.08. The Balaban J connectivity index is 1.96. The molecule has 0 atom stereocenters. The van der Waals surface area contributed by atoms with Crippen molar-refractivity contribution in [2.45, 2.75) is 44.2 Å². The maximum Gasteiger partial charge on any atom is 0.0794 e. The Morgan fingerprint density at radius 1 is 1.36 bits per heavy atom. The van der Waals surface area contributed by atoms with Crippen molar-refractivity contribution in [1.82, 2.24) is 4.90 Å². The topological polar surface area (TPSA) is 49.5 Å². The second-order valence-electron chi connectivity index (χ2n) is 5.17. The number of aliphatic hydroxyl groups excluding tert-OH is 1. The molecule has 1 saturated heterocycles. The fourth-order valence-electron chi connectivity index (χ4n) is 2.79. The summed E-state index contributed by atoms with van der Waals surface area (Å²) >= 11 is 0. The molecule has 1 heterocycles. The SMILES string of the molecule is CC1CCC(CN)(N2CC(O)C2)CC1. The minimum absolute atomic E-state index is 0.0993. The lowest BCUT2D eigenvalue weighted by atomic mass is 9.74. The maximum atomic E-state index is 9.33. The zero-order valence-electron chi connectivity index (χ0n) is 9.08. The first-order valence-electron chi connectivity index (χ1n) is 5.79. The Hall–Kier alpha value is -0.120. The highest BCUT2D eigenvalue weighted by Gasteiger charge is 2.43. The lowest BCUT2D eigenvalue weighted by Crippen LogP contribution is -2.65. The van der Waals surface area contributed by atoms with Crippen LogP contribution in [0.1, 0.15) is 32.6 Å². The quantitative estimate of drug-likeness (QED) is 0.682. The Morgan fingerprint density at radius 3 is 2.36 bits per heavy atom. The van der Waals surface area contributed by atoms with E-state index in [1.165, 1.54) is 25.7 Å². The van der Waals surface area contributed by atoms with E-state index in [2.05, 4.69) is 11.8 Å². The van der Waals surface area contributed by atoms with Crippen molar-refractivity contribution in [3.63, 3.8) is 0 Å². The highest BCUT2D eigenvalue weighted by molar-refractivity contribution is 5.00. The third-order valence-electron chi connectivity index (χ3n) is 4.12. The largest absolute Gasteiger partial charge is 0.390 e. The molecule has 0 spiro atoms. The van der Waals surface area contributed by atoms with Gasteiger partial charge >= 0.3 is 0 Å². The Kier molecular flexibility index (Phi) is 2.82. The van der Waals surface area contributed by atoms with Crippen LogP contribution >= 0.6 is 0 Å². The van der Waals surface area contributed by atoms with Gasteiger partial charge in [0, 0.05) is 25.2 Å². The van der Waals surface area contributed by atoms with E-state index < -0.39 is 0 Å². The van der Waals surface area contributed by atoms with Crippen LogP contribution in [0, 0.1) is 5.92 Å². The summed E-state index contributed by atoms with van der Waals surface area (Å²) in [7, 11) is 0. The fourth-order valence-corrected chi connectivity index (χ4v) is 2.79. The summed E-state index contributed by atoms with van der Waals surface area (Å²) in [5.74, 6) is 0.862. The van der Waals surface area contributed by atoms with Crippen LogP contribution in [-0.4, -0.2) is 41.3 Å². The minimum atomic E-state index is -0.0993. The van der Waals surface area contributed by atoms with E-state index in [1.807, 2.05) is 0 Å². The predicted molar refractivity (Wildman–Crippen MR) is 57.0 cm³/mol. The van der Waals surface area contributed by atoms with Crippen molar-refractivity contribution in [1.29, 1.82) is 0 Å². The molecule has 0 radical (unpaired) electrons. The van der Waals surface area contributed by atoms with Crippen molar-refractivity contribution in [2.24, 2.45) is 11.7 Å². The molecule has 14 heavy (non-hydrogen) atoms. The first-order valence-corrected chi connectivity index (χ1v) is 5.79. The van der Waals surface area contributed by atoms with Gasteiger partial charge in [0.05, 0.1) is 6.10 Å². The molecule has 82 valence electrons. The molecule has 0 unspecified atom stereocenters. The molecule has 2 rings (SSSR count). The third kappa shape index (κ3) is 1.69. The van der Waals surface area contributed by atoms with Crippen LogP contribution in [0.4, 0.5) is 0 Å². The summed E-state index contributed by atoms with van der Waals surface area (Å²) in [5, 5.41) is 9.33. The number of rotatable bonds is 2. The summed E-state index contributed by atoms with van der Waals surface area (Å²) in [5.41, 5.74) is 6.14. The van der Waals surface area contributed by atoms with Crippen LogP contribution in [0.3, 0.4) is 0 Å². The Bertz CT molecular complexity index is 193. The van der Waals surface area contributed by atoms with Gasteiger partial charge in [0.15, 0.2) is 0 Å². The normalized spacial score (nSPS) is 40.9. The lowest BCUT2D eigenvalue weighted by molar-refractivity contribution is -0.0812. The smallest absolute Gasteiger partial charge is 0.0794 e. The molecule has 0 amide bonds. The van der Waals surface area contributed by atoms with Crippen molar-refractivity contribution in [3.8, 4) is 0 Å². The van der Waals surface area contributed by atoms with Crippen LogP contribution in [0.25, 0.3) is 0 Å². The van der Waals surface area contributed by atoms with Crippen molar-refractivity contribution in [2.75, 3.05) is 19.6 Å². The lowest BCUT2D eigenvalue weighted by Gasteiger charge is -2.53. The van der Waals surface area contributed by atoms with Crippen LogP contribution in [0.15, 0.2) is 0 Å². The number of nitrogens with zero attached hydrogens (tertiary/aromatic N) is 1. The second-order valence-corrected chi connectivity index (χ2v) is 5.17. The van der Waals surface area contributed by atoms with Gasteiger partial charge in [0.25, 0.3) is 0 Å². The Labute approximate surface area is 86.3 Å². The van der Waals surface area contributed by atoms with Crippen LogP contribution in [-0.2, 0) is 0 Å². The molecular weight excluding hydrogens is 176 g/mol. The number of nitrogens with two attached hydrogens (primary N) is 1. The fraction of sp³-hybridized carbons (Fsp3) is 1.00. The van der Waals surface area contributed by atoms with Crippen LogP contribution in [0.2, 0.25) is 0 Å². The van der Waals surface area contributed by atoms with Gasteiger partial charge < -0.3 is 10.8 Å². The van der Waals surface area contributed by atoms with E-state index in [9.17, 15) is 5.11 Å². The average molecular weight is 198 g/mol. The molecule has 0 aromatic heterocycles. The first-order chi connectivity index (χ1) is 6.66. The van der Waals surface area contributed by atoms with E-state index >= 15 is 0 Å². The van der Waals surface area contributed by atoms with Gasteiger partial charge in [-0.1, -0.05) is 6.92 Å². The summed E-state index contributed by atoms with van der Waals surface area (Å²) in [6.45, 7) is 4.76.